The molecule has 6 heteroatoms. The van der Waals surface area contributed by atoms with E-state index in [1.165, 1.54) is 4.90 Å². The highest BCUT2D eigenvalue weighted by Gasteiger charge is 2.67. The van der Waals surface area contributed by atoms with Gasteiger partial charge >= 0.3 is 0 Å². The van der Waals surface area contributed by atoms with E-state index in [2.05, 4.69) is 27.3 Å². The second-order valence-corrected chi connectivity index (χ2v) is 7.74. The molecule has 1 aromatic heterocycles. The Labute approximate surface area is 151 Å². The molecule has 3 aliphatic rings. The van der Waals surface area contributed by atoms with Gasteiger partial charge in [-0.25, -0.2) is 4.98 Å². The second kappa shape index (κ2) is 5.37. The van der Waals surface area contributed by atoms with Gasteiger partial charge in [0.2, 0.25) is 11.8 Å². The van der Waals surface area contributed by atoms with E-state index in [0.29, 0.717) is 18.1 Å². The molecule has 1 saturated carbocycles. The number of aromatic nitrogens is 3. The molecule has 4 atom stereocenters. The van der Waals surface area contributed by atoms with E-state index in [4.69, 9.17) is 0 Å². The Balaban J connectivity index is 1.35. The fourth-order valence-corrected chi connectivity index (χ4v) is 4.95. The first-order valence-electron chi connectivity index (χ1n) is 9.05. The summed E-state index contributed by atoms with van der Waals surface area (Å²) in [6, 6.07) is 9.97. The first-order chi connectivity index (χ1) is 12.6. The van der Waals surface area contributed by atoms with E-state index in [1.54, 1.807) is 0 Å². The molecule has 2 bridgehead atoms. The summed E-state index contributed by atoms with van der Waals surface area (Å²) in [7, 11) is 0. The summed E-state index contributed by atoms with van der Waals surface area (Å²) in [5.41, 5.74) is 0.541. The van der Waals surface area contributed by atoms with Crippen molar-refractivity contribution in [1.29, 1.82) is 0 Å². The van der Waals surface area contributed by atoms with E-state index in [-0.39, 0.29) is 36.1 Å². The SMILES string of the molecule is C[C@@]12C(=O)N(Cc3nc(Cc4ccccc4)n[nH]3)C(=O)[C@H]1[C@H]1C=C[C@@H]2C1. The quantitative estimate of drug-likeness (QED) is 0.678. The third kappa shape index (κ3) is 2.04. The van der Waals surface area contributed by atoms with Crippen LogP contribution in [0.15, 0.2) is 42.5 Å². The van der Waals surface area contributed by atoms with E-state index in [1.807, 2.05) is 37.3 Å². The summed E-state index contributed by atoms with van der Waals surface area (Å²) in [4.78, 5) is 31.8. The van der Waals surface area contributed by atoms with Gasteiger partial charge in [-0.3, -0.25) is 19.6 Å². The predicted octanol–water partition coefficient (Wildman–Crippen LogP) is 2.09. The average Bonchev–Trinajstić information content (AvgIpc) is 3.38. The lowest BCUT2D eigenvalue weighted by Gasteiger charge is -2.28. The number of allylic oxidation sites excluding steroid dienone is 2. The maximum Gasteiger partial charge on any atom is 0.236 e. The van der Waals surface area contributed by atoms with Crippen molar-refractivity contribution in [2.45, 2.75) is 26.3 Å². The molecule has 1 aliphatic heterocycles. The zero-order chi connectivity index (χ0) is 17.9. The van der Waals surface area contributed by atoms with E-state index in [0.717, 1.165) is 12.0 Å². The summed E-state index contributed by atoms with van der Waals surface area (Å²) in [6.07, 6.45) is 5.77. The zero-order valence-corrected chi connectivity index (χ0v) is 14.6. The second-order valence-electron chi connectivity index (χ2n) is 7.74. The van der Waals surface area contributed by atoms with Gasteiger partial charge in [-0.15, -0.1) is 0 Å². The number of carbonyl (C=O) groups excluding carboxylic acids is 2. The molecule has 1 N–H and O–H groups in total. The third-order valence-corrected chi connectivity index (χ3v) is 6.29. The maximum absolute atomic E-state index is 13.0. The molecule has 0 spiro atoms. The van der Waals surface area contributed by atoms with Gasteiger partial charge in [0.05, 0.1) is 17.9 Å². The van der Waals surface area contributed by atoms with E-state index < -0.39 is 5.41 Å². The number of aromatic amines is 1. The molecular weight excluding hydrogens is 328 g/mol. The highest BCUT2D eigenvalue weighted by molar-refractivity contribution is 6.08. The molecule has 1 saturated heterocycles. The van der Waals surface area contributed by atoms with Crippen LogP contribution in [-0.4, -0.2) is 31.9 Å². The topological polar surface area (TPSA) is 79.0 Å². The van der Waals surface area contributed by atoms with Crippen molar-refractivity contribution in [3.05, 3.63) is 59.7 Å². The molecule has 2 aromatic rings. The predicted molar refractivity (Wildman–Crippen MR) is 93.5 cm³/mol. The van der Waals surface area contributed by atoms with Crippen LogP contribution < -0.4 is 0 Å². The largest absolute Gasteiger partial charge is 0.274 e. The molecule has 6 nitrogen and oxygen atoms in total. The number of rotatable bonds is 4. The van der Waals surface area contributed by atoms with Crippen molar-refractivity contribution >= 4 is 11.8 Å². The number of nitrogens with zero attached hydrogens (tertiary/aromatic N) is 3. The Morgan fingerprint density at radius 1 is 1.23 bits per heavy atom. The highest BCUT2D eigenvalue weighted by atomic mass is 16.2. The van der Waals surface area contributed by atoms with E-state index >= 15 is 0 Å². The highest BCUT2D eigenvalue weighted by Crippen LogP contribution is 2.60. The molecule has 26 heavy (non-hydrogen) atoms. The van der Waals surface area contributed by atoms with Gasteiger partial charge in [-0.1, -0.05) is 42.5 Å². The molecule has 1 aromatic carbocycles. The number of nitrogens with one attached hydrogen (secondary N) is 1. The van der Waals surface area contributed by atoms with Gasteiger partial charge in [0.25, 0.3) is 0 Å². The van der Waals surface area contributed by atoms with Gasteiger partial charge in [-0.05, 0) is 30.7 Å². The fraction of sp³-hybridized carbons (Fsp3) is 0.400. The lowest BCUT2D eigenvalue weighted by Crippen LogP contribution is -2.37. The first kappa shape index (κ1) is 15.5. The average molecular weight is 348 g/mol. The molecule has 2 heterocycles. The zero-order valence-electron chi connectivity index (χ0n) is 14.6. The Kier molecular flexibility index (Phi) is 3.20. The number of fused-ring (bicyclic) bond motifs is 5. The number of likely N-dealkylation sites (tertiary alicyclic amines) is 1. The fourth-order valence-electron chi connectivity index (χ4n) is 4.95. The number of benzene rings is 1. The van der Waals surface area contributed by atoms with E-state index in [9.17, 15) is 9.59 Å². The maximum atomic E-state index is 13.0. The summed E-state index contributed by atoms with van der Waals surface area (Å²) in [6.45, 7) is 2.12. The molecule has 5 rings (SSSR count). The van der Waals surface area contributed by atoms with Crippen LogP contribution in [0, 0.1) is 23.2 Å². The molecule has 2 amide bonds. The van der Waals surface area contributed by atoms with Crippen LogP contribution in [0.4, 0.5) is 0 Å². The minimum Gasteiger partial charge on any atom is -0.274 e. The smallest absolute Gasteiger partial charge is 0.236 e. The molecular formula is C20H20N4O2. The van der Waals surface area contributed by atoms with Crippen LogP contribution in [-0.2, 0) is 22.6 Å². The van der Waals surface area contributed by atoms with Gasteiger partial charge in [-0.2, -0.15) is 5.10 Å². The molecule has 2 fully saturated rings. The molecule has 2 aliphatic carbocycles. The van der Waals surface area contributed by atoms with Crippen LogP contribution in [0.1, 0.15) is 30.6 Å². The Morgan fingerprint density at radius 3 is 2.81 bits per heavy atom. The van der Waals surface area contributed by atoms with Gasteiger partial charge < -0.3 is 0 Å². The normalized spacial score (nSPS) is 31.9. The van der Waals surface area contributed by atoms with Crippen molar-refractivity contribution in [2.24, 2.45) is 23.2 Å². The van der Waals surface area contributed by atoms with Gasteiger partial charge in [0, 0.05) is 6.42 Å². The van der Waals surface area contributed by atoms with Crippen LogP contribution in [0.3, 0.4) is 0 Å². The Morgan fingerprint density at radius 2 is 2.04 bits per heavy atom. The molecule has 0 unspecified atom stereocenters. The van der Waals surface area contributed by atoms with Gasteiger partial charge in [0.15, 0.2) is 5.82 Å². The van der Waals surface area contributed by atoms with Crippen LogP contribution >= 0.6 is 0 Å². The summed E-state index contributed by atoms with van der Waals surface area (Å²) in [5.74, 6) is 1.27. The minimum atomic E-state index is -0.580. The standard InChI is InChI=1S/C20H20N4O2/c1-20-14-8-7-13(10-14)17(20)18(25)24(19(20)26)11-16-21-15(22-23-16)9-12-5-3-2-4-6-12/h2-8,13-14,17H,9-11H2,1H3,(H,21,22,23)/t13-,14+,17+,20-/m0/s1. The first-order valence-corrected chi connectivity index (χ1v) is 9.05. The van der Waals surface area contributed by atoms with Crippen molar-refractivity contribution in [1.82, 2.24) is 20.1 Å². The van der Waals surface area contributed by atoms with Crippen molar-refractivity contribution in [2.75, 3.05) is 0 Å². The lowest BCUT2D eigenvalue weighted by atomic mass is 9.71. The van der Waals surface area contributed by atoms with Crippen molar-refractivity contribution in [3.8, 4) is 0 Å². The third-order valence-electron chi connectivity index (χ3n) is 6.29. The number of imide groups is 1. The number of carbonyl (C=O) groups is 2. The van der Waals surface area contributed by atoms with Crippen molar-refractivity contribution in [3.63, 3.8) is 0 Å². The van der Waals surface area contributed by atoms with Crippen molar-refractivity contribution < 1.29 is 9.59 Å². The van der Waals surface area contributed by atoms with Crippen LogP contribution in [0.2, 0.25) is 0 Å². The number of hydrogen-bond acceptors (Lipinski definition) is 4. The lowest BCUT2D eigenvalue weighted by molar-refractivity contribution is -0.143. The Hall–Kier alpha value is -2.76. The number of H-pyrrole nitrogens is 1. The minimum absolute atomic E-state index is 0.0599. The van der Waals surface area contributed by atoms with Gasteiger partial charge in [0.1, 0.15) is 5.82 Å². The monoisotopic (exact) mass is 348 g/mol. The summed E-state index contributed by atoms with van der Waals surface area (Å²) < 4.78 is 0. The molecule has 132 valence electrons. The molecule has 0 radical (unpaired) electrons. The van der Waals surface area contributed by atoms with Crippen LogP contribution in [0.5, 0.6) is 0 Å². The Bertz CT molecular complexity index is 919. The summed E-state index contributed by atoms with van der Waals surface area (Å²) >= 11 is 0. The summed E-state index contributed by atoms with van der Waals surface area (Å²) in [5, 5.41) is 7.13. The van der Waals surface area contributed by atoms with Crippen LogP contribution in [0.25, 0.3) is 0 Å². The number of amides is 2. The number of hydrogen-bond donors (Lipinski definition) is 1.